The lowest BCUT2D eigenvalue weighted by molar-refractivity contribution is 0.673. The van der Waals surface area contributed by atoms with Crippen LogP contribution in [0.2, 0.25) is 0 Å². The van der Waals surface area contributed by atoms with Crippen molar-refractivity contribution in [3.8, 4) is 16.8 Å². The van der Waals surface area contributed by atoms with Crippen LogP contribution in [0.3, 0.4) is 0 Å². The average molecular weight is 510 g/mol. The van der Waals surface area contributed by atoms with Crippen LogP contribution < -0.4 is 0 Å². The van der Waals surface area contributed by atoms with Crippen LogP contribution >= 0.6 is 0 Å². The van der Waals surface area contributed by atoms with Gasteiger partial charge in [0.05, 0.1) is 5.52 Å². The van der Waals surface area contributed by atoms with E-state index in [0.29, 0.717) is 0 Å². The van der Waals surface area contributed by atoms with Crippen molar-refractivity contribution in [2.24, 2.45) is 0 Å². The van der Waals surface area contributed by atoms with E-state index in [4.69, 9.17) is 4.42 Å². The second kappa shape index (κ2) is 8.08. The Hall–Kier alpha value is -5.34. The molecule has 7 aromatic carbocycles. The molecule has 0 fully saturated rings. The van der Waals surface area contributed by atoms with E-state index >= 15 is 0 Å². The summed E-state index contributed by atoms with van der Waals surface area (Å²) in [6.07, 6.45) is 2.29. The first-order chi connectivity index (χ1) is 19.8. The lowest BCUT2D eigenvalue weighted by Crippen LogP contribution is -1.90. The molecule has 0 atom stereocenters. The smallest absolute Gasteiger partial charge is 0.143 e. The molecule has 2 nitrogen and oxygen atoms in total. The Bertz CT molecular complexity index is 2420. The summed E-state index contributed by atoms with van der Waals surface area (Å²) in [4.78, 5) is 0. The van der Waals surface area contributed by atoms with Gasteiger partial charge in [0.15, 0.2) is 0 Å². The first-order valence-corrected chi connectivity index (χ1v) is 13.7. The largest absolute Gasteiger partial charge is 0.455 e. The molecule has 0 saturated heterocycles. The molecule has 9 aromatic rings. The van der Waals surface area contributed by atoms with Crippen molar-refractivity contribution in [2.45, 2.75) is 0 Å². The normalized spacial score (nSPS) is 12.0. The van der Waals surface area contributed by atoms with E-state index in [9.17, 15) is 0 Å². The van der Waals surface area contributed by atoms with E-state index in [1.165, 1.54) is 59.7 Å². The Balaban J connectivity index is 1.45. The summed E-state index contributed by atoms with van der Waals surface area (Å²) in [5, 5.41) is 10.8. The number of para-hydroxylation sites is 2. The number of hydrogen-bond donors (Lipinski definition) is 0. The van der Waals surface area contributed by atoms with Crippen LogP contribution in [0.15, 0.2) is 144 Å². The van der Waals surface area contributed by atoms with E-state index in [0.717, 1.165) is 22.2 Å². The molecule has 0 N–H and O–H groups in total. The topological polar surface area (TPSA) is 18.1 Å². The molecule has 0 radical (unpaired) electrons. The predicted molar refractivity (Wildman–Crippen MR) is 169 cm³/mol. The molecule has 0 spiro atoms. The number of benzene rings is 7. The van der Waals surface area contributed by atoms with Gasteiger partial charge in [-0.2, -0.15) is 0 Å². The van der Waals surface area contributed by atoms with Gasteiger partial charge in [-0.15, -0.1) is 0 Å². The maximum atomic E-state index is 6.73. The summed E-state index contributed by atoms with van der Waals surface area (Å²) < 4.78 is 9.03. The molecule has 186 valence electrons. The summed E-state index contributed by atoms with van der Waals surface area (Å²) in [5.41, 5.74) is 6.66. The van der Waals surface area contributed by atoms with Gasteiger partial charge in [0.2, 0.25) is 0 Å². The second-order valence-corrected chi connectivity index (χ2v) is 10.5. The Labute approximate surface area is 230 Å². The van der Waals surface area contributed by atoms with Crippen molar-refractivity contribution in [1.29, 1.82) is 0 Å². The number of rotatable bonds is 2. The van der Waals surface area contributed by atoms with Crippen LogP contribution in [0, 0.1) is 0 Å². The van der Waals surface area contributed by atoms with Crippen molar-refractivity contribution in [3.63, 3.8) is 0 Å². The third-order valence-corrected chi connectivity index (χ3v) is 8.39. The van der Waals surface area contributed by atoms with Crippen molar-refractivity contribution >= 4 is 65.2 Å². The molecule has 9 rings (SSSR count). The highest BCUT2D eigenvalue weighted by atomic mass is 16.3. The Morgan fingerprint density at radius 2 is 1.12 bits per heavy atom. The molecule has 40 heavy (non-hydrogen) atoms. The fraction of sp³-hybridized carbons (Fsp3) is 0. The fourth-order valence-corrected chi connectivity index (χ4v) is 6.60. The van der Waals surface area contributed by atoms with Gasteiger partial charge in [-0.1, -0.05) is 97.1 Å². The monoisotopic (exact) mass is 509 g/mol. The number of furan rings is 1. The highest BCUT2D eigenvalue weighted by Crippen LogP contribution is 2.45. The fourth-order valence-electron chi connectivity index (χ4n) is 6.60. The highest BCUT2D eigenvalue weighted by Gasteiger charge is 2.19. The average Bonchev–Trinajstić information content (AvgIpc) is 3.60. The minimum atomic E-state index is 0.927. The maximum absolute atomic E-state index is 6.73. The highest BCUT2D eigenvalue weighted by molar-refractivity contribution is 6.29. The van der Waals surface area contributed by atoms with E-state index in [2.05, 4.69) is 144 Å². The van der Waals surface area contributed by atoms with E-state index in [1.54, 1.807) is 0 Å². The molecule has 2 heteroatoms. The van der Waals surface area contributed by atoms with Gasteiger partial charge < -0.3 is 8.98 Å². The third kappa shape index (κ3) is 2.93. The SMILES string of the molecule is c1ccc(-n2cc(-c3cc4ccccc4c4c3ccc3c4oc4ccc5ccccc5c43)c3ccccc32)cc1. The summed E-state index contributed by atoms with van der Waals surface area (Å²) in [6.45, 7) is 0. The summed E-state index contributed by atoms with van der Waals surface area (Å²) in [6, 6.07) is 47.7. The van der Waals surface area contributed by atoms with Gasteiger partial charge in [-0.3, -0.25) is 0 Å². The van der Waals surface area contributed by atoms with E-state index in [1.807, 2.05) is 0 Å². The summed E-state index contributed by atoms with van der Waals surface area (Å²) >= 11 is 0. The van der Waals surface area contributed by atoms with Crippen LogP contribution in [-0.2, 0) is 0 Å². The van der Waals surface area contributed by atoms with Gasteiger partial charge in [-0.25, -0.2) is 0 Å². The lowest BCUT2D eigenvalue weighted by atomic mass is 9.91. The van der Waals surface area contributed by atoms with Crippen LogP contribution in [-0.4, -0.2) is 4.57 Å². The molecular weight excluding hydrogens is 486 g/mol. The maximum Gasteiger partial charge on any atom is 0.143 e. The Morgan fingerprint density at radius 3 is 1.98 bits per heavy atom. The third-order valence-electron chi connectivity index (χ3n) is 8.39. The Kier molecular flexibility index (Phi) is 4.36. The summed E-state index contributed by atoms with van der Waals surface area (Å²) in [5.74, 6) is 0. The van der Waals surface area contributed by atoms with Crippen molar-refractivity contribution in [2.75, 3.05) is 0 Å². The molecule has 0 saturated carbocycles. The predicted octanol–water partition coefficient (Wildman–Crippen LogP) is 10.7. The second-order valence-electron chi connectivity index (χ2n) is 10.5. The van der Waals surface area contributed by atoms with Crippen LogP contribution in [0.25, 0.3) is 82.0 Å². The van der Waals surface area contributed by atoms with E-state index in [-0.39, 0.29) is 0 Å². The first kappa shape index (κ1) is 21.6. The minimum absolute atomic E-state index is 0.927. The lowest BCUT2D eigenvalue weighted by Gasteiger charge is -2.11. The minimum Gasteiger partial charge on any atom is -0.455 e. The Morgan fingerprint density at radius 1 is 0.450 bits per heavy atom. The van der Waals surface area contributed by atoms with Crippen molar-refractivity contribution < 1.29 is 4.42 Å². The number of aromatic nitrogens is 1. The molecule has 0 aliphatic heterocycles. The number of nitrogens with zero attached hydrogens (tertiary/aromatic N) is 1. The molecule has 0 unspecified atom stereocenters. The standard InChI is InChI=1S/C38H23NO/c1-2-12-26(13-3-1)39-23-33(29-16-8-9-17-34(29)39)32-22-25-11-5-7-15-28(25)37-30(32)19-20-31-36-27-14-6-4-10-24(27)18-21-35(36)40-38(31)37/h1-23H. The molecular formula is C38H23NO. The van der Waals surface area contributed by atoms with Gasteiger partial charge >= 0.3 is 0 Å². The molecule has 2 aromatic heterocycles. The van der Waals surface area contributed by atoms with Gasteiger partial charge in [0, 0.05) is 39.0 Å². The zero-order chi connectivity index (χ0) is 26.2. The molecule has 0 aliphatic rings. The molecule has 2 heterocycles. The molecule has 0 amide bonds. The molecule has 0 bridgehead atoms. The van der Waals surface area contributed by atoms with Crippen LogP contribution in [0.4, 0.5) is 0 Å². The van der Waals surface area contributed by atoms with Gasteiger partial charge in [-0.05, 0) is 68.9 Å². The van der Waals surface area contributed by atoms with Gasteiger partial charge in [0.1, 0.15) is 11.2 Å². The van der Waals surface area contributed by atoms with Crippen molar-refractivity contribution in [1.82, 2.24) is 4.57 Å². The van der Waals surface area contributed by atoms with Crippen LogP contribution in [0.1, 0.15) is 0 Å². The van der Waals surface area contributed by atoms with Gasteiger partial charge in [0.25, 0.3) is 0 Å². The first-order valence-electron chi connectivity index (χ1n) is 13.7. The van der Waals surface area contributed by atoms with Crippen molar-refractivity contribution in [3.05, 3.63) is 140 Å². The molecule has 0 aliphatic carbocycles. The zero-order valence-electron chi connectivity index (χ0n) is 21.6. The summed E-state index contributed by atoms with van der Waals surface area (Å²) in [7, 11) is 0. The quantitative estimate of drug-likeness (QED) is 0.212. The van der Waals surface area contributed by atoms with E-state index < -0.39 is 0 Å². The zero-order valence-corrected chi connectivity index (χ0v) is 21.6. The van der Waals surface area contributed by atoms with Crippen LogP contribution in [0.5, 0.6) is 0 Å². The number of fused-ring (bicyclic) bond motifs is 10. The number of hydrogen-bond acceptors (Lipinski definition) is 1.